The molecule has 0 heterocycles. The third-order valence-electron chi connectivity index (χ3n) is 5.45. The number of nitrogens with zero attached hydrogens (tertiary/aromatic N) is 2. The lowest BCUT2D eigenvalue weighted by atomic mass is 10.1. The van der Waals surface area contributed by atoms with Crippen LogP contribution in [0.25, 0.3) is 0 Å². The highest BCUT2D eigenvalue weighted by molar-refractivity contribution is 7.92. The largest absolute Gasteiger partial charge is 0.355 e. The van der Waals surface area contributed by atoms with E-state index in [9.17, 15) is 18.0 Å². The van der Waals surface area contributed by atoms with Crippen LogP contribution in [-0.2, 0) is 26.2 Å². The number of halogens is 3. The number of aryl methyl sites for hydroxylation is 1. The van der Waals surface area contributed by atoms with E-state index in [2.05, 4.69) is 5.32 Å². The van der Waals surface area contributed by atoms with Crippen molar-refractivity contribution in [1.29, 1.82) is 0 Å². The van der Waals surface area contributed by atoms with Gasteiger partial charge in [0.1, 0.15) is 6.04 Å². The molecule has 0 aromatic heterocycles. The monoisotopic (exact) mass is 561 g/mol. The fourth-order valence-electron chi connectivity index (χ4n) is 3.57. The first-order chi connectivity index (χ1) is 16.3. The van der Waals surface area contributed by atoms with Crippen LogP contribution in [0.15, 0.2) is 36.4 Å². The number of anilines is 1. The SMILES string of the molecule is CCNC(=O)[C@@H](C)N(Cc1ccc(Cl)c(Cl)c1)C(=O)CCCN(c1cc(Cl)ccc1C)S(C)(=O)=O. The Morgan fingerprint density at radius 2 is 1.74 bits per heavy atom. The van der Waals surface area contributed by atoms with Crippen molar-refractivity contribution in [1.82, 2.24) is 10.2 Å². The molecule has 0 radical (unpaired) electrons. The van der Waals surface area contributed by atoms with Gasteiger partial charge in [0.25, 0.3) is 0 Å². The lowest BCUT2D eigenvalue weighted by molar-refractivity contribution is -0.140. The van der Waals surface area contributed by atoms with Gasteiger partial charge in [0.2, 0.25) is 21.8 Å². The summed E-state index contributed by atoms with van der Waals surface area (Å²) in [6, 6.07) is 9.32. The van der Waals surface area contributed by atoms with Gasteiger partial charge in [0.05, 0.1) is 22.0 Å². The average Bonchev–Trinajstić information content (AvgIpc) is 2.78. The molecule has 7 nitrogen and oxygen atoms in total. The van der Waals surface area contributed by atoms with Gasteiger partial charge in [-0.15, -0.1) is 0 Å². The van der Waals surface area contributed by atoms with E-state index in [1.807, 2.05) is 0 Å². The molecule has 2 amide bonds. The molecule has 0 fully saturated rings. The molecule has 2 aromatic carbocycles. The third-order valence-corrected chi connectivity index (χ3v) is 7.60. The van der Waals surface area contributed by atoms with Gasteiger partial charge in [0.15, 0.2) is 0 Å². The molecule has 0 aliphatic carbocycles. The molecule has 0 spiro atoms. The molecule has 0 unspecified atom stereocenters. The van der Waals surface area contributed by atoms with Crippen LogP contribution in [0.1, 0.15) is 37.8 Å². The van der Waals surface area contributed by atoms with Gasteiger partial charge in [-0.1, -0.05) is 46.9 Å². The van der Waals surface area contributed by atoms with E-state index in [0.29, 0.717) is 27.3 Å². The van der Waals surface area contributed by atoms with Crippen LogP contribution in [0, 0.1) is 6.92 Å². The zero-order valence-corrected chi connectivity index (χ0v) is 23.2. The van der Waals surface area contributed by atoms with E-state index in [1.54, 1.807) is 57.2 Å². The van der Waals surface area contributed by atoms with E-state index in [-0.39, 0.29) is 37.7 Å². The second-order valence-corrected chi connectivity index (χ2v) is 11.4. The minimum absolute atomic E-state index is 0.0384. The molecule has 1 N–H and O–H groups in total. The quantitative estimate of drug-likeness (QED) is 0.415. The Morgan fingerprint density at radius 3 is 2.34 bits per heavy atom. The number of hydrogen-bond acceptors (Lipinski definition) is 4. The zero-order valence-electron chi connectivity index (χ0n) is 20.1. The number of carbonyl (C=O) groups is 2. The predicted molar refractivity (Wildman–Crippen MR) is 143 cm³/mol. The zero-order chi connectivity index (χ0) is 26.3. The summed E-state index contributed by atoms with van der Waals surface area (Å²) >= 11 is 18.2. The lowest BCUT2D eigenvalue weighted by Gasteiger charge is -2.29. The highest BCUT2D eigenvalue weighted by Gasteiger charge is 2.27. The average molecular weight is 563 g/mol. The van der Waals surface area contributed by atoms with Crippen molar-refractivity contribution in [3.8, 4) is 0 Å². The molecular formula is C24H30Cl3N3O4S. The maximum Gasteiger partial charge on any atom is 0.242 e. The second kappa shape index (κ2) is 12.8. The molecule has 2 aromatic rings. The van der Waals surface area contributed by atoms with Crippen molar-refractivity contribution in [3.05, 3.63) is 62.6 Å². The van der Waals surface area contributed by atoms with Gasteiger partial charge >= 0.3 is 0 Å². The summed E-state index contributed by atoms with van der Waals surface area (Å²) in [4.78, 5) is 27.2. The molecule has 1 atom stereocenters. The van der Waals surface area contributed by atoms with Crippen LogP contribution in [0.5, 0.6) is 0 Å². The Morgan fingerprint density at radius 1 is 1.06 bits per heavy atom. The minimum Gasteiger partial charge on any atom is -0.355 e. The highest BCUT2D eigenvalue weighted by atomic mass is 35.5. The standard InChI is InChI=1S/C24H30Cl3N3O4S/c1-5-28-24(32)17(3)29(15-18-9-11-20(26)21(27)13-18)23(31)7-6-12-30(35(4,33)34)22-14-19(25)10-8-16(22)2/h8-11,13-14,17H,5-7,12,15H2,1-4H3,(H,28,32)/t17-/m1/s1. The summed E-state index contributed by atoms with van der Waals surface area (Å²) in [7, 11) is -3.61. The first-order valence-electron chi connectivity index (χ1n) is 11.1. The summed E-state index contributed by atoms with van der Waals surface area (Å²) in [6.07, 6.45) is 1.40. The molecule has 192 valence electrons. The summed E-state index contributed by atoms with van der Waals surface area (Å²) in [5.41, 5.74) is 1.93. The highest BCUT2D eigenvalue weighted by Crippen LogP contribution is 2.27. The molecule has 0 aliphatic rings. The van der Waals surface area contributed by atoms with E-state index < -0.39 is 16.1 Å². The first kappa shape index (κ1) is 29.2. The molecule has 2 rings (SSSR count). The van der Waals surface area contributed by atoms with Crippen molar-refractivity contribution >= 4 is 62.3 Å². The number of rotatable bonds is 11. The van der Waals surface area contributed by atoms with Crippen molar-refractivity contribution in [2.24, 2.45) is 0 Å². The Hall–Kier alpha value is -2.00. The van der Waals surface area contributed by atoms with Crippen LogP contribution in [-0.4, -0.2) is 50.5 Å². The van der Waals surface area contributed by atoms with Gasteiger partial charge < -0.3 is 10.2 Å². The molecular weight excluding hydrogens is 533 g/mol. The first-order valence-corrected chi connectivity index (χ1v) is 14.1. The summed E-state index contributed by atoms with van der Waals surface area (Å²) in [5, 5.41) is 3.89. The molecule has 11 heteroatoms. The summed E-state index contributed by atoms with van der Waals surface area (Å²) in [5.74, 6) is -0.570. The minimum atomic E-state index is -3.61. The lowest BCUT2D eigenvalue weighted by Crippen LogP contribution is -2.47. The summed E-state index contributed by atoms with van der Waals surface area (Å²) in [6.45, 7) is 5.91. The smallest absolute Gasteiger partial charge is 0.242 e. The normalized spacial score (nSPS) is 12.2. The van der Waals surface area contributed by atoms with Crippen molar-refractivity contribution < 1.29 is 18.0 Å². The predicted octanol–water partition coefficient (Wildman–Crippen LogP) is 5.05. The Bertz CT molecular complexity index is 1170. The van der Waals surface area contributed by atoms with Crippen LogP contribution in [0.2, 0.25) is 15.1 Å². The fourth-order valence-corrected chi connectivity index (χ4v) is 5.07. The number of carbonyl (C=O) groups excluding carboxylic acids is 2. The van der Waals surface area contributed by atoms with Gasteiger partial charge in [-0.3, -0.25) is 13.9 Å². The maximum atomic E-state index is 13.2. The number of likely N-dealkylation sites (N-methyl/N-ethyl adjacent to an activating group) is 1. The van der Waals surface area contributed by atoms with Gasteiger partial charge in [-0.05, 0) is 62.6 Å². The molecule has 0 bridgehead atoms. The molecule has 35 heavy (non-hydrogen) atoms. The van der Waals surface area contributed by atoms with Crippen molar-refractivity contribution in [2.75, 3.05) is 23.7 Å². The molecule has 0 aliphatic heterocycles. The topological polar surface area (TPSA) is 86.8 Å². The van der Waals surface area contributed by atoms with Crippen LogP contribution in [0.4, 0.5) is 5.69 Å². The second-order valence-electron chi connectivity index (χ2n) is 8.21. The van der Waals surface area contributed by atoms with Crippen LogP contribution >= 0.6 is 34.8 Å². The van der Waals surface area contributed by atoms with Crippen molar-refractivity contribution in [2.45, 2.75) is 46.2 Å². The Balaban J connectivity index is 2.21. The number of hydrogen-bond donors (Lipinski definition) is 1. The number of sulfonamides is 1. The van der Waals surface area contributed by atoms with E-state index in [0.717, 1.165) is 17.4 Å². The van der Waals surface area contributed by atoms with E-state index in [1.165, 1.54) is 9.21 Å². The third kappa shape index (κ3) is 8.27. The van der Waals surface area contributed by atoms with Gasteiger partial charge in [0, 0.05) is 31.1 Å². The van der Waals surface area contributed by atoms with E-state index in [4.69, 9.17) is 34.8 Å². The van der Waals surface area contributed by atoms with Gasteiger partial charge in [-0.2, -0.15) is 0 Å². The number of benzene rings is 2. The maximum absolute atomic E-state index is 13.2. The van der Waals surface area contributed by atoms with Crippen LogP contribution in [0.3, 0.4) is 0 Å². The van der Waals surface area contributed by atoms with Crippen molar-refractivity contribution in [3.63, 3.8) is 0 Å². The Labute approximate surface area is 222 Å². The van der Waals surface area contributed by atoms with Crippen LogP contribution < -0.4 is 9.62 Å². The number of nitrogens with one attached hydrogen (secondary N) is 1. The summed E-state index contributed by atoms with van der Waals surface area (Å²) < 4.78 is 26.2. The molecule has 0 saturated heterocycles. The molecule has 0 saturated carbocycles. The van der Waals surface area contributed by atoms with E-state index >= 15 is 0 Å². The Kier molecular flexibility index (Phi) is 10.7. The fraction of sp³-hybridized carbons (Fsp3) is 0.417. The number of amides is 2. The van der Waals surface area contributed by atoms with Gasteiger partial charge in [-0.25, -0.2) is 8.42 Å².